The van der Waals surface area contributed by atoms with E-state index in [1.807, 2.05) is 57.0 Å². The van der Waals surface area contributed by atoms with Crippen molar-refractivity contribution in [1.29, 1.82) is 0 Å². The number of esters is 1. The molecule has 0 aliphatic heterocycles. The Balaban J connectivity index is 1.66. The maximum Gasteiger partial charge on any atom is 0.341 e. The van der Waals surface area contributed by atoms with E-state index in [0.29, 0.717) is 10.6 Å². The van der Waals surface area contributed by atoms with Gasteiger partial charge >= 0.3 is 5.97 Å². The standard InChI is InChI=1S/C21H25N5O3S/c1-13-15(3)30-20(19(13)21(28)29-5)24-18(27)10-25(4)14(2)16-6-8-17(9-7-16)26-12-22-11-23-26/h6-9,11-12,14H,10H2,1-5H3,(H,24,27). The second kappa shape index (κ2) is 9.19. The Morgan fingerprint density at radius 2 is 1.97 bits per heavy atom. The van der Waals surface area contributed by atoms with Crippen molar-refractivity contribution in [2.24, 2.45) is 0 Å². The van der Waals surface area contributed by atoms with Crippen molar-refractivity contribution in [2.45, 2.75) is 26.8 Å². The molecule has 0 spiro atoms. The predicted molar refractivity (Wildman–Crippen MR) is 116 cm³/mol. The van der Waals surface area contributed by atoms with E-state index < -0.39 is 5.97 Å². The topological polar surface area (TPSA) is 89.4 Å². The van der Waals surface area contributed by atoms with E-state index in [1.54, 1.807) is 11.0 Å². The number of carbonyl (C=O) groups is 2. The second-order valence-electron chi connectivity index (χ2n) is 7.05. The van der Waals surface area contributed by atoms with Gasteiger partial charge in [-0.2, -0.15) is 5.10 Å². The van der Waals surface area contributed by atoms with Crippen LogP contribution in [0.15, 0.2) is 36.9 Å². The predicted octanol–water partition coefficient (Wildman–Crippen LogP) is 3.36. The van der Waals surface area contributed by atoms with Crippen molar-refractivity contribution in [1.82, 2.24) is 19.7 Å². The Morgan fingerprint density at radius 1 is 1.27 bits per heavy atom. The first kappa shape index (κ1) is 21.7. The highest BCUT2D eigenvalue weighted by molar-refractivity contribution is 7.16. The number of benzene rings is 1. The average Bonchev–Trinajstić information content (AvgIpc) is 3.36. The van der Waals surface area contributed by atoms with Gasteiger partial charge in [-0.15, -0.1) is 11.3 Å². The number of anilines is 1. The molecule has 0 bridgehead atoms. The number of hydrogen-bond acceptors (Lipinski definition) is 7. The summed E-state index contributed by atoms with van der Waals surface area (Å²) >= 11 is 1.38. The molecule has 0 saturated carbocycles. The van der Waals surface area contributed by atoms with E-state index in [0.717, 1.165) is 21.7 Å². The Bertz CT molecular complexity index is 1030. The first-order valence-corrected chi connectivity index (χ1v) is 10.3. The summed E-state index contributed by atoms with van der Waals surface area (Å²) < 4.78 is 6.55. The number of rotatable bonds is 7. The minimum atomic E-state index is -0.443. The molecular formula is C21H25N5O3S. The fraction of sp³-hybridized carbons (Fsp3) is 0.333. The van der Waals surface area contributed by atoms with Crippen LogP contribution in [0.25, 0.3) is 5.69 Å². The molecule has 0 fully saturated rings. The van der Waals surface area contributed by atoms with E-state index in [1.165, 1.54) is 24.8 Å². The lowest BCUT2D eigenvalue weighted by molar-refractivity contribution is -0.117. The summed E-state index contributed by atoms with van der Waals surface area (Å²) in [5.41, 5.74) is 3.25. The molecule has 1 N–H and O–H groups in total. The van der Waals surface area contributed by atoms with E-state index >= 15 is 0 Å². The van der Waals surface area contributed by atoms with Crippen molar-refractivity contribution in [2.75, 3.05) is 26.0 Å². The van der Waals surface area contributed by atoms with Crippen LogP contribution in [0.5, 0.6) is 0 Å². The first-order valence-electron chi connectivity index (χ1n) is 9.45. The molecule has 2 aromatic heterocycles. The lowest BCUT2D eigenvalue weighted by Crippen LogP contribution is -2.32. The van der Waals surface area contributed by atoms with Gasteiger partial charge in [-0.3, -0.25) is 9.69 Å². The molecule has 9 heteroatoms. The van der Waals surface area contributed by atoms with Crippen LogP contribution in [-0.2, 0) is 9.53 Å². The number of aryl methyl sites for hydroxylation is 1. The van der Waals surface area contributed by atoms with Crippen LogP contribution in [-0.4, -0.2) is 52.2 Å². The smallest absolute Gasteiger partial charge is 0.341 e. The Hall–Kier alpha value is -3.04. The molecule has 1 amide bonds. The molecule has 1 atom stereocenters. The molecule has 0 saturated heterocycles. The van der Waals surface area contributed by atoms with Gasteiger partial charge in [-0.25, -0.2) is 14.5 Å². The van der Waals surface area contributed by atoms with E-state index in [9.17, 15) is 9.59 Å². The zero-order valence-corrected chi connectivity index (χ0v) is 18.5. The van der Waals surface area contributed by atoms with E-state index in [2.05, 4.69) is 15.4 Å². The third kappa shape index (κ3) is 4.58. The van der Waals surface area contributed by atoms with Crippen molar-refractivity contribution in [3.05, 3.63) is 58.5 Å². The van der Waals surface area contributed by atoms with Crippen LogP contribution in [0.1, 0.15) is 39.3 Å². The van der Waals surface area contributed by atoms with E-state index in [-0.39, 0.29) is 18.5 Å². The molecule has 1 aromatic carbocycles. The van der Waals surface area contributed by atoms with Gasteiger partial charge in [0, 0.05) is 10.9 Å². The molecule has 30 heavy (non-hydrogen) atoms. The average molecular weight is 428 g/mol. The minimum absolute atomic E-state index is 0.0208. The van der Waals surface area contributed by atoms with Crippen molar-refractivity contribution >= 4 is 28.2 Å². The van der Waals surface area contributed by atoms with Crippen LogP contribution in [0.3, 0.4) is 0 Å². The number of hydrogen-bond donors (Lipinski definition) is 1. The molecule has 0 aliphatic rings. The highest BCUT2D eigenvalue weighted by Gasteiger charge is 2.22. The first-order chi connectivity index (χ1) is 14.3. The Labute approximate surface area is 179 Å². The Morgan fingerprint density at radius 3 is 2.57 bits per heavy atom. The number of methoxy groups -OCH3 is 1. The van der Waals surface area contributed by atoms with Gasteiger partial charge in [-0.1, -0.05) is 12.1 Å². The molecule has 8 nitrogen and oxygen atoms in total. The second-order valence-corrected chi connectivity index (χ2v) is 8.27. The number of thiophene rings is 1. The fourth-order valence-corrected chi connectivity index (χ4v) is 4.16. The molecule has 158 valence electrons. The van der Waals surface area contributed by atoms with Crippen LogP contribution in [0.2, 0.25) is 0 Å². The summed E-state index contributed by atoms with van der Waals surface area (Å²) in [6.45, 7) is 5.99. The quantitative estimate of drug-likeness (QED) is 0.582. The number of nitrogens with one attached hydrogen (secondary N) is 1. The summed E-state index contributed by atoms with van der Waals surface area (Å²) in [6.07, 6.45) is 3.14. The van der Waals surface area contributed by atoms with Gasteiger partial charge in [0.15, 0.2) is 0 Å². The van der Waals surface area contributed by atoms with Gasteiger partial charge in [0.1, 0.15) is 17.7 Å². The number of nitrogens with zero attached hydrogens (tertiary/aromatic N) is 4. The molecular weight excluding hydrogens is 402 g/mol. The molecule has 1 unspecified atom stereocenters. The Kier molecular flexibility index (Phi) is 6.63. The lowest BCUT2D eigenvalue weighted by atomic mass is 10.1. The third-order valence-corrected chi connectivity index (χ3v) is 6.26. The monoisotopic (exact) mass is 427 g/mol. The van der Waals surface area contributed by atoms with Crippen LogP contribution in [0.4, 0.5) is 5.00 Å². The summed E-state index contributed by atoms with van der Waals surface area (Å²) in [5, 5.41) is 7.52. The van der Waals surface area contributed by atoms with Gasteiger partial charge in [0.25, 0.3) is 0 Å². The van der Waals surface area contributed by atoms with Crippen molar-refractivity contribution in [3.63, 3.8) is 0 Å². The zero-order valence-electron chi connectivity index (χ0n) is 17.7. The molecule has 0 aliphatic carbocycles. The molecule has 3 rings (SSSR count). The van der Waals surface area contributed by atoms with Crippen molar-refractivity contribution in [3.8, 4) is 5.69 Å². The third-order valence-electron chi connectivity index (χ3n) is 5.14. The highest BCUT2D eigenvalue weighted by atomic mass is 32.1. The molecule has 0 radical (unpaired) electrons. The zero-order chi connectivity index (χ0) is 21.8. The fourth-order valence-electron chi connectivity index (χ4n) is 3.09. The minimum Gasteiger partial charge on any atom is -0.465 e. The molecule has 3 aromatic rings. The molecule has 2 heterocycles. The number of ether oxygens (including phenoxy) is 1. The normalized spacial score (nSPS) is 12.1. The van der Waals surface area contributed by atoms with Gasteiger partial charge in [-0.05, 0) is 51.1 Å². The van der Waals surface area contributed by atoms with Gasteiger partial charge in [0.05, 0.1) is 24.9 Å². The largest absolute Gasteiger partial charge is 0.465 e. The lowest BCUT2D eigenvalue weighted by Gasteiger charge is -2.24. The maximum absolute atomic E-state index is 12.6. The summed E-state index contributed by atoms with van der Waals surface area (Å²) in [4.78, 5) is 31.6. The van der Waals surface area contributed by atoms with Crippen molar-refractivity contribution < 1.29 is 14.3 Å². The summed E-state index contributed by atoms with van der Waals surface area (Å²) in [5.74, 6) is -0.628. The SMILES string of the molecule is COC(=O)c1c(NC(=O)CN(C)C(C)c2ccc(-n3cncn3)cc2)sc(C)c1C. The number of aromatic nitrogens is 3. The van der Waals surface area contributed by atoms with Crippen LogP contribution < -0.4 is 5.32 Å². The number of amides is 1. The number of likely N-dealkylation sites (N-methyl/N-ethyl adjacent to an activating group) is 1. The summed E-state index contributed by atoms with van der Waals surface area (Å²) in [7, 11) is 3.23. The highest BCUT2D eigenvalue weighted by Crippen LogP contribution is 2.33. The maximum atomic E-state index is 12.6. The van der Waals surface area contributed by atoms with Gasteiger partial charge < -0.3 is 10.1 Å². The van der Waals surface area contributed by atoms with Crippen LogP contribution in [0, 0.1) is 13.8 Å². The van der Waals surface area contributed by atoms with Crippen LogP contribution >= 0.6 is 11.3 Å². The van der Waals surface area contributed by atoms with E-state index in [4.69, 9.17) is 4.74 Å². The number of carbonyl (C=O) groups excluding carboxylic acids is 2. The summed E-state index contributed by atoms with van der Waals surface area (Å²) in [6, 6.07) is 7.98. The van der Waals surface area contributed by atoms with Gasteiger partial charge in [0.2, 0.25) is 5.91 Å².